The highest BCUT2D eigenvalue weighted by Gasteiger charge is 2.06. The van der Waals surface area contributed by atoms with E-state index in [9.17, 15) is 0 Å². The Morgan fingerprint density at radius 3 is 3.07 bits per heavy atom. The number of aromatic nitrogens is 4. The van der Waals surface area contributed by atoms with Crippen molar-refractivity contribution >= 4 is 0 Å². The Morgan fingerprint density at radius 1 is 1.60 bits per heavy atom. The fraction of sp³-hybridized carbons (Fsp3) is 0.400. The first-order chi connectivity index (χ1) is 7.27. The van der Waals surface area contributed by atoms with Gasteiger partial charge in [-0.1, -0.05) is 0 Å². The number of aromatic amines is 1. The average Bonchev–Trinajstić information content (AvgIpc) is 2.85. The first-order valence-electron chi connectivity index (χ1n) is 4.95. The Bertz CT molecular complexity index is 403. The molecule has 0 spiro atoms. The van der Waals surface area contributed by atoms with Crippen molar-refractivity contribution in [2.75, 3.05) is 0 Å². The van der Waals surface area contributed by atoms with Crippen LogP contribution in [-0.2, 0) is 13.6 Å². The van der Waals surface area contributed by atoms with Crippen LogP contribution in [0.4, 0.5) is 0 Å². The zero-order valence-corrected chi connectivity index (χ0v) is 8.94. The molecule has 1 atom stereocenters. The maximum Gasteiger partial charge on any atom is 0.122 e. The van der Waals surface area contributed by atoms with E-state index in [2.05, 4.69) is 27.4 Å². The van der Waals surface area contributed by atoms with Crippen molar-refractivity contribution in [2.24, 2.45) is 7.05 Å². The molecular weight excluding hydrogens is 190 g/mol. The van der Waals surface area contributed by atoms with Gasteiger partial charge in [-0.05, 0) is 6.92 Å². The molecule has 0 amide bonds. The van der Waals surface area contributed by atoms with E-state index in [0.29, 0.717) is 0 Å². The molecule has 15 heavy (non-hydrogen) atoms. The van der Waals surface area contributed by atoms with Crippen LogP contribution < -0.4 is 5.32 Å². The van der Waals surface area contributed by atoms with E-state index < -0.39 is 0 Å². The Morgan fingerprint density at radius 2 is 2.47 bits per heavy atom. The lowest BCUT2D eigenvalue weighted by atomic mass is 10.2. The number of H-pyrrole nitrogens is 1. The molecule has 0 aliphatic heterocycles. The number of hydrogen-bond donors (Lipinski definition) is 2. The van der Waals surface area contributed by atoms with Gasteiger partial charge in [0.2, 0.25) is 0 Å². The Kier molecular flexibility index (Phi) is 2.82. The van der Waals surface area contributed by atoms with Crippen molar-refractivity contribution in [3.63, 3.8) is 0 Å². The molecular formula is C10H15N5. The molecule has 5 nitrogen and oxygen atoms in total. The second-order valence-corrected chi connectivity index (χ2v) is 3.59. The van der Waals surface area contributed by atoms with Crippen molar-refractivity contribution in [1.82, 2.24) is 25.1 Å². The average molecular weight is 205 g/mol. The molecule has 0 bridgehead atoms. The highest BCUT2D eigenvalue weighted by molar-refractivity contribution is 5.08. The minimum atomic E-state index is 0.278. The van der Waals surface area contributed by atoms with Gasteiger partial charge in [-0.25, -0.2) is 4.98 Å². The zero-order chi connectivity index (χ0) is 10.7. The summed E-state index contributed by atoms with van der Waals surface area (Å²) < 4.78 is 2.01. The lowest BCUT2D eigenvalue weighted by Gasteiger charge is -2.11. The van der Waals surface area contributed by atoms with Gasteiger partial charge in [0.15, 0.2) is 0 Å². The predicted molar refractivity (Wildman–Crippen MR) is 57.1 cm³/mol. The summed E-state index contributed by atoms with van der Waals surface area (Å²) in [6, 6.07) is 0.278. The fourth-order valence-corrected chi connectivity index (χ4v) is 1.43. The molecule has 0 saturated heterocycles. The summed E-state index contributed by atoms with van der Waals surface area (Å²) in [6.45, 7) is 2.86. The summed E-state index contributed by atoms with van der Waals surface area (Å²) in [5.74, 6) is 1.03. The summed E-state index contributed by atoms with van der Waals surface area (Å²) in [7, 11) is 1.99. The summed E-state index contributed by atoms with van der Waals surface area (Å²) in [5, 5.41) is 10.1. The standard InChI is InChI=1S/C10H15N5/c1-8(9-5-13-14-6-9)12-7-10-11-3-4-15(10)2/h3-6,8,12H,7H2,1-2H3,(H,13,14). The molecule has 2 heterocycles. The van der Waals surface area contributed by atoms with Gasteiger partial charge in [-0.2, -0.15) is 5.10 Å². The Hall–Kier alpha value is -1.62. The van der Waals surface area contributed by atoms with E-state index >= 15 is 0 Å². The molecule has 2 N–H and O–H groups in total. The van der Waals surface area contributed by atoms with Gasteiger partial charge in [0.1, 0.15) is 5.82 Å². The van der Waals surface area contributed by atoms with Crippen LogP contribution in [0.2, 0.25) is 0 Å². The third kappa shape index (κ3) is 2.24. The Labute approximate surface area is 88.5 Å². The number of nitrogens with zero attached hydrogens (tertiary/aromatic N) is 3. The highest BCUT2D eigenvalue weighted by atomic mass is 15.1. The monoisotopic (exact) mass is 205 g/mol. The molecule has 0 aliphatic rings. The first-order valence-corrected chi connectivity index (χ1v) is 4.95. The predicted octanol–water partition coefficient (Wildman–Crippen LogP) is 0.994. The molecule has 0 aliphatic carbocycles. The first kappa shape index (κ1) is 9.92. The molecule has 80 valence electrons. The van der Waals surface area contributed by atoms with Crippen LogP contribution in [0.5, 0.6) is 0 Å². The van der Waals surface area contributed by atoms with Crippen LogP contribution in [0.1, 0.15) is 24.4 Å². The smallest absolute Gasteiger partial charge is 0.122 e. The van der Waals surface area contributed by atoms with Gasteiger partial charge in [0.25, 0.3) is 0 Å². The van der Waals surface area contributed by atoms with E-state index in [1.165, 1.54) is 0 Å². The van der Waals surface area contributed by atoms with E-state index in [4.69, 9.17) is 0 Å². The third-order valence-electron chi connectivity index (χ3n) is 2.51. The second-order valence-electron chi connectivity index (χ2n) is 3.59. The van der Waals surface area contributed by atoms with Gasteiger partial charge >= 0.3 is 0 Å². The molecule has 0 radical (unpaired) electrons. The van der Waals surface area contributed by atoms with Crippen LogP contribution in [0.15, 0.2) is 24.8 Å². The van der Waals surface area contributed by atoms with Crippen molar-refractivity contribution in [3.05, 3.63) is 36.2 Å². The van der Waals surface area contributed by atoms with Crippen molar-refractivity contribution < 1.29 is 0 Å². The summed E-state index contributed by atoms with van der Waals surface area (Å²) in [5.41, 5.74) is 1.16. The second kappa shape index (κ2) is 4.27. The maximum atomic E-state index is 4.25. The topological polar surface area (TPSA) is 58.5 Å². The lowest BCUT2D eigenvalue weighted by molar-refractivity contribution is 0.549. The molecule has 0 saturated carbocycles. The van der Waals surface area contributed by atoms with Crippen molar-refractivity contribution in [2.45, 2.75) is 19.5 Å². The van der Waals surface area contributed by atoms with E-state index in [-0.39, 0.29) is 6.04 Å². The largest absolute Gasteiger partial charge is 0.337 e. The lowest BCUT2D eigenvalue weighted by Crippen LogP contribution is -2.19. The molecule has 2 aromatic rings. The molecule has 0 aromatic carbocycles. The van der Waals surface area contributed by atoms with Gasteiger partial charge in [0, 0.05) is 37.2 Å². The molecule has 0 fully saturated rings. The number of imidazole rings is 1. The van der Waals surface area contributed by atoms with Crippen LogP contribution in [0.25, 0.3) is 0 Å². The van der Waals surface area contributed by atoms with Crippen molar-refractivity contribution in [3.8, 4) is 0 Å². The van der Waals surface area contributed by atoms with E-state index in [0.717, 1.165) is 17.9 Å². The third-order valence-corrected chi connectivity index (χ3v) is 2.51. The van der Waals surface area contributed by atoms with Crippen molar-refractivity contribution in [1.29, 1.82) is 0 Å². The minimum absolute atomic E-state index is 0.278. The SMILES string of the molecule is CC(NCc1nccn1C)c1cn[nH]c1. The van der Waals surface area contributed by atoms with E-state index in [1.54, 1.807) is 6.20 Å². The van der Waals surface area contributed by atoms with Crippen LogP contribution >= 0.6 is 0 Å². The normalized spacial score (nSPS) is 12.9. The number of rotatable bonds is 4. The highest BCUT2D eigenvalue weighted by Crippen LogP contribution is 2.09. The minimum Gasteiger partial charge on any atom is -0.337 e. The fourth-order valence-electron chi connectivity index (χ4n) is 1.43. The van der Waals surface area contributed by atoms with Gasteiger partial charge in [-0.15, -0.1) is 0 Å². The summed E-state index contributed by atoms with van der Waals surface area (Å²) >= 11 is 0. The number of nitrogens with one attached hydrogen (secondary N) is 2. The van der Waals surface area contributed by atoms with Gasteiger partial charge in [-0.3, -0.25) is 5.10 Å². The zero-order valence-electron chi connectivity index (χ0n) is 8.94. The maximum absolute atomic E-state index is 4.25. The summed E-state index contributed by atoms with van der Waals surface area (Å²) in [4.78, 5) is 4.25. The van der Waals surface area contributed by atoms with Gasteiger partial charge < -0.3 is 9.88 Å². The molecule has 2 aromatic heterocycles. The van der Waals surface area contributed by atoms with Gasteiger partial charge in [0.05, 0.1) is 12.7 Å². The van der Waals surface area contributed by atoms with Crippen LogP contribution in [-0.4, -0.2) is 19.7 Å². The number of hydrogen-bond acceptors (Lipinski definition) is 3. The quantitative estimate of drug-likeness (QED) is 0.782. The van der Waals surface area contributed by atoms with Crippen LogP contribution in [0, 0.1) is 0 Å². The molecule has 2 rings (SSSR count). The van der Waals surface area contributed by atoms with Crippen LogP contribution in [0.3, 0.4) is 0 Å². The Balaban J connectivity index is 1.91. The molecule has 5 heteroatoms. The van der Waals surface area contributed by atoms with E-state index in [1.807, 2.05) is 30.2 Å². The number of aryl methyl sites for hydroxylation is 1. The molecule has 1 unspecified atom stereocenters. The summed E-state index contributed by atoms with van der Waals surface area (Å²) in [6.07, 6.45) is 7.48.